The molecular weight excluding hydrogens is 455 g/mol. The summed E-state index contributed by atoms with van der Waals surface area (Å²) in [7, 11) is -3.49. The Morgan fingerprint density at radius 2 is 1.50 bits per heavy atom. The zero-order chi connectivity index (χ0) is 24.8. The number of nitro benzene ring substituents is 1. The summed E-state index contributed by atoms with van der Waals surface area (Å²) in [5.74, 6) is -0.473. The lowest BCUT2D eigenvalue weighted by Crippen LogP contribution is -2.15. The van der Waals surface area contributed by atoms with Crippen molar-refractivity contribution in [2.45, 2.75) is 65.2 Å². The van der Waals surface area contributed by atoms with Crippen LogP contribution in [-0.4, -0.2) is 24.0 Å². The second-order valence-corrected chi connectivity index (χ2v) is 10.1. The van der Waals surface area contributed by atoms with Gasteiger partial charge in [-0.15, -0.1) is 0 Å². The van der Waals surface area contributed by atoms with Crippen LogP contribution in [0.1, 0.15) is 75.6 Å². The van der Waals surface area contributed by atoms with E-state index in [1.807, 2.05) is 0 Å². The molecule has 0 bridgehead atoms. The topological polar surface area (TPSA) is 108 Å². The average molecular weight is 491 g/mol. The van der Waals surface area contributed by atoms with Crippen LogP contribution in [-0.2, 0) is 13.6 Å². The van der Waals surface area contributed by atoms with Gasteiger partial charge in [0.05, 0.1) is 23.4 Å². The van der Waals surface area contributed by atoms with E-state index in [1.165, 1.54) is 24.3 Å². The van der Waals surface area contributed by atoms with Crippen molar-refractivity contribution in [3.63, 3.8) is 0 Å². The Hall–Kier alpha value is -2.54. The first-order valence-corrected chi connectivity index (χ1v) is 13.5. The second kappa shape index (κ2) is 14.7. The molecule has 1 amide bonds. The van der Waals surface area contributed by atoms with Gasteiger partial charge in [0.15, 0.2) is 0 Å². The molecule has 0 heterocycles. The van der Waals surface area contributed by atoms with Crippen molar-refractivity contribution < 1.29 is 23.3 Å². The third-order valence-corrected chi connectivity index (χ3v) is 7.25. The van der Waals surface area contributed by atoms with E-state index in [9.17, 15) is 19.5 Å². The normalized spacial score (nSPS) is 11.4. The van der Waals surface area contributed by atoms with Crippen LogP contribution in [0.15, 0.2) is 48.5 Å². The van der Waals surface area contributed by atoms with Gasteiger partial charge < -0.3 is 14.4 Å². The van der Waals surface area contributed by atoms with Gasteiger partial charge in [-0.05, 0) is 43.2 Å². The fourth-order valence-corrected chi connectivity index (χ4v) is 4.93. The second-order valence-electron chi connectivity index (χ2n) is 8.09. The maximum Gasteiger partial charge on any atom is 0.361 e. The summed E-state index contributed by atoms with van der Waals surface area (Å²) in [6, 6.07) is 12.0. The van der Waals surface area contributed by atoms with Crippen LogP contribution in [0.2, 0.25) is 0 Å². The summed E-state index contributed by atoms with van der Waals surface area (Å²) < 4.78 is 25.1. The number of benzene rings is 2. The van der Waals surface area contributed by atoms with Gasteiger partial charge in [-0.1, -0.05) is 58.4 Å². The highest BCUT2D eigenvalue weighted by atomic mass is 31.2. The van der Waals surface area contributed by atoms with Crippen LogP contribution in [0.3, 0.4) is 0 Å². The van der Waals surface area contributed by atoms with Gasteiger partial charge in [-0.25, -0.2) is 0 Å². The van der Waals surface area contributed by atoms with Crippen LogP contribution in [0.25, 0.3) is 0 Å². The van der Waals surface area contributed by atoms with Crippen molar-refractivity contribution in [2.75, 3.05) is 18.5 Å². The monoisotopic (exact) mass is 490 g/mol. The Morgan fingerprint density at radius 1 is 0.912 bits per heavy atom. The predicted molar refractivity (Wildman–Crippen MR) is 135 cm³/mol. The lowest BCUT2D eigenvalue weighted by Gasteiger charge is -2.19. The zero-order valence-corrected chi connectivity index (χ0v) is 20.9. The number of non-ortho nitro benzene ring substituents is 1. The smallest absolute Gasteiger partial charge is 0.322 e. The Balaban J connectivity index is 2.06. The summed E-state index contributed by atoms with van der Waals surface area (Å²) >= 11 is 0. The number of anilines is 1. The highest BCUT2D eigenvalue weighted by Crippen LogP contribution is 2.47. The molecule has 0 saturated carbocycles. The number of nitro groups is 1. The molecule has 2 rings (SSSR count). The van der Waals surface area contributed by atoms with Gasteiger partial charge >= 0.3 is 7.60 Å². The molecule has 9 heteroatoms. The number of carbonyl (C=O) groups is 1. The molecule has 0 spiro atoms. The number of unbranched alkanes of at least 4 members (excludes halogenated alkanes) is 6. The van der Waals surface area contributed by atoms with Gasteiger partial charge in [0.2, 0.25) is 0 Å². The molecule has 0 aliphatic rings. The number of nitrogens with zero attached hydrogens (tertiary/aromatic N) is 1. The molecule has 0 unspecified atom stereocenters. The van der Waals surface area contributed by atoms with Gasteiger partial charge in [0.1, 0.15) is 0 Å². The molecule has 0 atom stereocenters. The Kier molecular flexibility index (Phi) is 11.9. The lowest BCUT2D eigenvalue weighted by atomic mass is 10.2. The largest absolute Gasteiger partial charge is 0.361 e. The number of carbonyl (C=O) groups excluding carboxylic acids is 1. The molecule has 34 heavy (non-hydrogen) atoms. The van der Waals surface area contributed by atoms with Crippen molar-refractivity contribution in [3.8, 4) is 0 Å². The molecule has 2 aromatic carbocycles. The van der Waals surface area contributed by atoms with E-state index in [4.69, 9.17) is 9.05 Å². The van der Waals surface area contributed by atoms with Crippen molar-refractivity contribution in [1.82, 2.24) is 0 Å². The highest BCUT2D eigenvalue weighted by molar-refractivity contribution is 7.62. The lowest BCUT2D eigenvalue weighted by molar-refractivity contribution is -0.384. The third-order valence-electron chi connectivity index (χ3n) is 5.28. The molecule has 0 saturated heterocycles. The molecule has 0 aliphatic heterocycles. The minimum absolute atomic E-state index is 0.156. The zero-order valence-electron chi connectivity index (χ0n) is 20.0. The van der Waals surface area contributed by atoms with Gasteiger partial charge in [0, 0.05) is 23.4 Å². The number of hydrogen-bond acceptors (Lipinski definition) is 6. The first-order valence-electron chi connectivity index (χ1n) is 11.9. The van der Waals surface area contributed by atoms with Gasteiger partial charge in [-0.2, -0.15) is 0 Å². The van der Waals surface area contributed by atoms with Crippen molar-refractivity contribution in [3.05, 3.63) is 64.2 Å². The molecular formula is C25H35N2O6P. The summed E-state index contributed by atoms with van der Waals surface area (Å²) in [5.41, 5.74) is 0.489. The maximum atomic E-state index is 13.5. The van der Waals surface area contributed by atoms with E-state index in [0.717, 1.165) is 51.4 Å². The van der Waals surface area contributed by atoms with Crippen LogP contribution in [0.4, 0.5) is 11.4 Å². The Bertz CT molecular complexity index is 946. The van der Waals surface area contributed by atoms with Crippen LogP contribution < -0.4 is 10.6 Å². The third kappa shape index (κ3) is 9.01. The fraction of sp³-hybridized carbons (Fsp3) is 0.480. The van der Waals surface area contributed by atoms with Crippen molar-refractivity contribution in [1.29, 1.82) is 0 Å². The quantitative estimate of drug-likeness (QED) is 0.119. The standard InChI is InChI=1S/C25H35N2O6P/c1-3-5-7-9-18-32-34(31,33-19-10-8-6-4-2)24-16-14-22(15-17-24)26-25(28)21-12-11-13-23(20-21)27(29)30/h11-17,20H,3-10,18-19H2,1-2H3,(H,26,28). The molecule has 8 nitrogen and oxygen atoms in total. The van der Waals surface area contributed by atoms with Crippen LogP contribution in [0.5, 0.6) is 0 Å². The van der Waals surface area contributed by atoms with E-state index in [1.54, 1.807) is 24.3 Å². The van der Waals surface area contributed by atoms with E-state index in [2.05, 4.69) is 19.2 Å². The first-order chi connectivity index (χ1) is 16.4. The summed E-state index contributed by atoms with van der Waals surface area (Å²) in [5, 5.41) is 14.1. The minimum atomic E-state index is -3.49. The van der Waals surface area contributed by atoms with E-state index < -0.39 is 18.4 Å². The van der Waals surface area contributed by atoms with Gasteiger partial charge in [-0.3, -0.25) is 19.5 Å². The molecule has 0 aliphatic carbocycles. The number of nitrogens with one attached hydrogen (secondary N) is 1. The summed E-state index contributed by atoms with van der Waals surface area (Å²) in [4.78, 5) is 22.9. The molecule has 186 valence electrons. The number of rotatable bonds is 16. The number of amides is 1. The molecule has 1 N–H and O–H groups in total. The predicted octanol–water partition coefficient (Wildman–Crippen LogP) is 6.86. The van der Waals surface area contributed by atoms with E-state index in [-0.39, 0.29) is 11.3 Å². The van der Waals surface area contributed by atoms with Gasteiger partial charge in [0.25, 0.3) is 11.6 Å². The minimum Gasteiger partial charge on any atom is -0.322 e. The van der Waals surface area contributed by atoms with Crippen molar-refractivity contribution >= 4 is 30.2 Å². The Morgan fingerprint density at radius 3 is 2.03 bits per heavy atom. The highest BCUT2D eigenvalue weighted by Gasteiger charge is 2.27. The van der Waals surface area contributed by atoms with E-state index in [0.29, 0.717) is 24.2 Å². The fourth-order valence-electron chi connectivity index (χ4n) is 3.30. The summed E-state index contributed by atoms with van der Waals surface area (Å²) in [6.07, 6.45) is 8.06. The molecule has 2 aromatic rings. The maximum absolute atomic E-state index is 13.5. The Labute approximate surface area is 201 Å². The van der Waals surface area contributed by atoms with E-state index >= 15 is 0 Å². The van der Waals surface area contributed by atoms with Crippen LogP contribution >= 0.6 is 7.60 Å². The summed E-state index contributed by atoms with van der Waals surface area (Å²) in [6.45, 7) is 4.98. The number of hydrogen-bond donors (Lipinski definition) is 1. The molecule has 0 radical (unpaired) electrons. The van der Waals surface area contributed by atoms with Crippen LogP contribution in [0, 0.1) is 10.1 Å². The average Bonchev–Trinajstić information content (AvgIpc) is 2.84. The SMILES string of the molecule is CCCCCCOP(=O)(OCCCCCC)c1ccc(NC(=O)c2cccc([N+](=O)[O-])c2)cc1. The molecule has 0 aromatic heterocycles. The molecule has 0 fully saturated rings. The first kappa shape index (κ1) is 27.7. The van der Waals surface area contributed by atoms with Crippen molar-refractivity contribution in [2.24, 2.45) is 0 Å².